The van der Waals surface area contributed by atoms with Gasteiger partial charge < -0.3 is 4.42 Å². The molecule has 1 aromatic carbocycles. The molecule has 0 fully saturated rings. The lowest BCUT2D eigenvalue weighted by molar-refractivity contribution is 0.565. The Morgan fingerprint density at radius 2 is 1.75 bits per heavy atom. The molecule has 16 heavy (non-hydrogen) atoms. The van der Waals surface area contributed by atoms with Gasteiger partial charge >= 0.3 is 0 Å². The highest BCUT2D eigenvalue weighted by Crippen LogP contribution is 2.31. The lowest BCUT2D eigenvalue weighted by Crippen LogP contribution is -1.94. The van der Waals surface area contributed by atoms with Crippen LogP contribution < -0.4 is 0 Å². The highest BCUT2D eigenvalue weighted by atomic mass is 35.5. The Morgan fingerprint density at radius 3 is 2.31 bits per heavy atom. The van der Waals surface area contributed by atoms with Gasteiger partial charge in [-0.2, -0.15) is 0 Å². The molecule has 0 aliphatic rings. The third-order valence-corrected chi connectivity index (χ3v) is 3.26. The van der Waals surface area contributed by atoms with Gasteiger partial charge in [-0.3, -0.25) is 0 Å². The van der Waals surface area contributed by atoms with Crippen molar-refractivity contribution in [1.82, 2.24) is 0 Å². The summed E-state index contributed by atoms with van der Waals surface area (Å²) in [6.07, 6.45) is 2.23. The van der Waals surface area contributed by atoms with Crippen LogP contribution in [0.15, 0.2) is 41.0 Å². The van der Waals surface area contributed by atoms with Gasteiger partial charge in [0.1, 0.15) is 0 Å². The molecule has 1 nitrogen and oxygen atoms in total. The average Bonchev–Trinajstić information content (AvgIpc) is 2.68. The molecule has 0 saturated heterocycles. The summed E-state index contributed by atoms with van der Waals surface area (Å²) in [5.41, 5.74) is 1.93. The zero-order valence-corrected chi connectivity index (χ0v) is 10.6. The SMILES string of the molecule is Clc1ccc(CC(Cl)c2ccoc2Cl)cc1. The normalized spacial score (nSPS) is 12.7. The number of furan rings is 1. The smallest absolute Gasteiger partial charge is 0.197 e. The van der Waals surface area contributed by atoms with Crippen LogP contribution in [-0.4, -0.2) is 0 Å². The fourth-order valence-corrected chi connectivity index (χ4v) is 2.24. The quantitative estimate of drug-likeness (QED) is 0.710. The van der Waals surface area contributed by atoms with Gasteiger partial charge in [-0.05, 0) is 41.8 Å². The third kappa shape index (κ3) is 2.73. The van der Waals surface area contributed by atoms with E-state index in [0.717, 1.165) is 16.1 Å². The molecule has 84 valence electrons. The monoisotopic (exact) mass is 274 g/mol. The Bertz CT molecular complexity index is 461. The maximum atomic E-state index is 6.25. The predicted molar refractivity (Wildman–Crippen MR) is 67.5 cm³/mol. The molecule has 1 unspecified atom stereocenters. The lowest BCUT2D eigenvalue weighted by atomic mass is 10.1. The van der Waals surface area contributed by atoms with Crippen LogP contribution in [0.25, 0.3) is 0 Å². The summed E-state index contributed by atoms with van der Waals surface area (Å²) in [6, 6.07) is 9.38. The fraction of sp³-hybridized carbons (Fsp3) is 0.167. The van der Waals surface area contributed by atoms with Gasteiger partial charge in [0.2, 0.25) is 0 Å². The van der Waals surface area contributed by atoms with Crippen molar-refractivity contribution in [3.05, 3.63) is 58.0 Å². The molecule has 2 rings (SSSR count). The minimum atomic E-state index is -0.188. The number of rotatable bonds is 3. The Labute approximate surface area is 109 Å². The maximum Gasteiger partial charge on any atom is 0.197 e. The van der Waals surface area contributed by atoms with Crippen LogP contribution >= 0.6 is 34.8 Å². The summed E-state index contributed by atoms with van der Waals surface area (Å²) < 4.78 is 5.00. The predicted octanol–water partition coefficient (Wildman–Crippen LogP) is 5.11. The molecule has 1 atom stereocenters. The topological polar surface area (TPSA) is 13.1 Å². The van der Waals surface area contributed by atoms with Gasteiger partial charge in [0.05, 0.1) is 11.6 Å². The van der Waals surface area contributed by atoms with Crippen LogP contribution in [0.3, 0.4) is 0 Å². The minimum absolute atomic E-state index is 0.188. The summed E-state index contributed by atoms with van der Waals surface area (Å²) in [5, 5.41) is 0.887. The van der Waals surface area contributed by atoms with Crippen LogP contribution in [0.2, 0.25) is 10.2 Å². The fourth-order valence-electron chi connectivity index (χ4n) is 1.47. The van der Waals surface area contributed by atoms with Crippen molar-refractivity contribution in [2.24, 2.45) is 0 Å². The van der Waals surface area contributed by atoms with Crippen molar-refractivity contribution in [2.45, 2.75) is 11.8 Å². The lowest BCUT2D eigenvalue weighted by Gasteiger charge is -2.07. The van der Waals surface area contributed by atoms with Crippen LogP contribution in [0.1, 0.15) is 16.5 Å². The molecule has 4 heteroatoms. The molecule has 0 bridgehead atoms. The Morgan fingerprint density at radius 1 is 1.06 bits per heavy atom. The summed E-state index contributed by atoms with van der Waals surface area (Å²) in [5.74, 6) is 0. The second-order valence-electron chi connectivity index (χ2n) is 3.45. The zero-order chi connectivity index (χ0) is 11.5. The second kappa shape index (κ2) is 5.13. The number of hydrogen-bond acceptors (Lipinski definition) is 1. The summed E-state index contributed by atoms with van der Waals surface area (Å²) in [7, 11) is 0. The van der Waals surface area contributed by atoms with E-state index in [1.807, 2.05) is 24.3 Å². The molecule has 0 radical (unpaired) electrons. The van der Waals surface area contributed by atoms with Crippen molar-refractivity contribution in [3.63, 3.8) is 0 Å². The van der Waals surface area contributed by atoms with Crippen molar-refractivity contribution < 1.29 is 4.42 Å². The van der Waals surface area contributed by atoms with Crippen LogP contribution in [-0.2, 0) is 6.42 Å². The van der Waals surface area contributed by atoms with E-state index >= 15 is 0 Å². The zero-order valence-electron chi connectivity index (χ0n) is 8.29. The molecule has 0 saturated carbocycles. The van der Waals surface area contributed by atoms with E-state index in [1.54, 1.807) is 6.07 Å². The molecule has 2 aromatic rings. The van der Waals surface area contributed by atoms with Crippen molar-refractivity contribution in [2.75, 3.05) is 0 Å². The van der Waals surface area contributed by atoms with Gasteiger partial charge in [-0.15, -0.1) is 11.6 Å². The summed E-state index contributed by atoms with van der Waals surface area (Å²) in [6.45, 7) is 0. The number of alkyl halides is 1. The van der Waals surface area contributed by atoms with E-state index in [2.05, 4.69) is 0 Å². The second-order valence-corrected chi connectivity index (χ2v) is 4.75. The Kier molecular flexibility index (Phi) is 3.80. The van der Waals surface area contributed by atoms with Crippen molar-refractivity contribution >= 4 is 34.8 Å². The van der Waals surface area contributed by atoms with Gasteiger partial charge in [-0.25, -0.2) is 0 Å². The first-order chi connectivity index (χ1) is 7.66. The Hall–Kier alpha value is -0.630. The van der Waals surface area contributed by atoms with Crippen molar-refractivity contribution in [1.29, 1.82) is 0 Å². The Balaban J connectivity index is 2.10. The molecule has 0 N–H and O–H groups in total. The molecule has 0 aliphatic carbocycles. The first-order valence-corrected chi connectivity index (χ1v) is 5.97. The summed E-state index contributed by atoms with van der Waals surface area (Å²) >= 11 is 17.9. The van der Waals surface area contributed by atoms with Gasteiger partial charge in [0.15, 0.2) is 5.22 Å². The first-order valence-electron chi connectivity index (χ1n) is 4.78. The van der Waals surface area contributed by atoms with E-state index in [4.69, 9.17) is 39.2 Å². The maximum absolute atomic E-state index is 6.25. The van der Waals surface area contributed by atoms with E-state index < -0.39 is 0 Å². The van der Waals surface area contributed by atoms with E-state index in [9.17, 15) is 0 Å². The van der Waals surface area contributed by atoms with Crippen LogP contribution in [0.4, 0.5) is 0 Å². The number of benzene rings is 1. The number of halogens is 3. The van der Waals surface area contributed by atoms with Gasteiger partial charge in [0.25, 0.3) is 0 Å². The molecular formula is C12H9Cl3O. The van der Waals surface area contributed by atoms with Gasteiger partial charge in [0, 0.05) is 10.6 Å². The average molecular weight is 276 g/mol. The molecule has 0 amide bonds. The molecule has 0 aliphatic heterocycles. The molecule has 0 spiro atoms. The molecule has 1 heterocycles. The number of hydrogen-bond donors (Lipinski definition) is 0. The van der Waals surface area contributed by atoms with E-state index in [0.29, 0.717) is 11.6 Å². The molecular weight excluding hydrogens is 266 g/mol. The van der Waals surface area contributed by atoms with E-state index in [1.165, 1.54) is 6.26 Å². The standard InChI is InChI=1S/C12H9Cl3O/c13-9-3-1-8(2-4-9)7-11(14)10-5-6-16-12(10)15/h1-6,11H,7H2. The molecule has 1 aromatic heterocycles. The van der Waals surface area contributed by atoms with Gasteiger partial charge in [-0.1, -0.05) is 23.7 Å². The van der Waals surface area contributed by atoms with Crippen LogP contribution in [0.5, 0.6) is 0 Å². The van der Waals surface area contributed by atoms with Crippen molar-refractivity contribution in [3.8, 4) is 0 Å². The highest BCUT2D eigenvalue weighted by molar-refractivity contribution is 6.31. The van der Waals surface area contributed by atoms with Crippen LogP contribution in [0, 0.1) is 0 Å². The highest BCUT2D eigenvalue weighted by Gasteiger charge is 2.14. The first kappa shape index (κ1) is 11.8. The largest absolute Gasteiger partial charge is 0.453 e. The third-order valence-electron chi connectivity index (χ3n) is 2.31. The van der Waals surface area contributed by atoms with E-state index in [-0.39, 0.29) is 5.38 Å². The minimum Gasteiger partial charge on any atom is -0.453 e. The summed E-state index contributed by atoms with van der Waals surface area (Å²) in [4.78, 5) is 0.